The predicted molar refractivity (Wildman–Crippen MR) is 68.0 cm³/mol. The van der Waals surface area contributed by atoms with Crippen LogP contribution in [0.3, 0.4) is 0 Å². The SMILES string of the molecule is N#CC1CCCCCC1Oc1cccc(C(F)(F)F)c1. The summed E-state index contributed by atoms with van der Waals surface area (Å²) in [5, 5.41) is 9.14. The van der Waals surface area contributed by atoms with Gasteiger partial charge in [0.25, 0.3) is 0 Å². The van der Waals surface area contributed by atoms with E-state index in [4.69, 9.17) is 10.00 Å². The van der Waals surface area contributed by atoms with Crippen LogP contribution in [0.1, 0.15) is 37.7 Å². The maximum Gasteiger partial charge on any atom is 0.416 e. The second kappa shape index (κ2) is 6.17. The van der Waals surface area contributed by atoms with Crippen LogP contribution in [0.25, 0.3) is 0 Å². The van der Waals surface area contributed by atoms with Crippen LogP contribution >= 0.6 is 0 Å². The molecule has 0 N–H and O–H groups in total. The van der Waals surface area contributed by atoms with Crippen LogP contribution in [0, 0.1) is 17.2 Å². The molecule has 2 rings (SSSR count). The number of alkyl halides is 3. The lowest BCUT2D eigenvalue weighted by Crippen LogP contribution is -2.25. The Hall–Kier alpha value is -1.70. The maximum atomic E-state index is 12.6. The fraction of sp³-hybridized carbons (Fsp3) is 0.533. The second-order valence-electron chi connectivity index (χ2n) is 5.06. The average Bonchev–Trinajstić information content (AvgIpc) is 2.63. The predicted octanol–water partition coefficient (Wildman–Crippen LogP) is 4.56. The molecule has 0 spiro atoms. The molecule has 108 valence electrons. The highest BCUT2D eigenvalue weighted by Gasteiger charge is 2.31. The molecule has 0 aliphatic heterocycles. The van der Waals surface area contributed by atoms with Gasteiger partial charge >= 0.3 is 6.18 Å². The summed E-state index contributed by atoms with van der Waals surface area (Å²) in [6.45, 7) is 0. The first-order chi connectivity index (χ1) is 9.50. The summed E-state index contributed by atoms with van der Waals surface area (Å²) in [5.41, 5.74) is -0.725. The highest BCUT2D eigenvalue weighted by atomic mass is 19.4. The monoisotopic (exact) mass is 283 g/mol. The van der Waals surface area contributed by atoms with Crippen molar-refractivity contribution >= 4 is 0 Å². The van der Waals surface area contributed by atoms with Gasteiger partial charge in [0.05, 0.1) is 17.6 Å². The molecule has 20 heavy (non-hydrogen) atoms. The Bertz CT molecular complexity index is 493. The molecule has 5 heteroatoms. The molecule has 0 aromatic heterocycles. The van der Waals surface area contributed by atoms with Crippen molar-refractivity contribution in [2.45, 2.75) is 44.4 Å². The van der Waals surface area contributed by atoms with Crippen molar-refractivity contribution in [2.75, 3.05) is 0 Å². The van der Waals surface area contributed by atoms with Gasteiger partial charge in [-0.3, -0.25) is 0 Å². The lowest BCUT2D eigenvalue weighted by atomic mass is 9.99. The molecule has 1 aliphatic rings. The van der Waals surface area contributed by atoms with E-state index in [1.165, 1.54) is 12.1 Å². The van der Waals surface area contributed by atoms with Crippen LogP contribution in [0.5, 0.6) is 5.75 Å². The summed E-state index contributed by atoms with van der Waals surface area (Å²) in [4.78, 5) is 0. The van der Waals surface area contributed by atoms with Gasteiger partial charge in [0.15, 0.2) is 0 Å². The fourth-order valence-electron chi connectivity index (χ4n) is 2.48. The van der Waals surface area contributed by atoms with Gasteiger partial charge in [-0.15, -0.1) is 0 Å². The average molecular weight is 283 g/mol. The third-order valence-electron chi connectivity index (χ3n) is 3.57. The van der Waals surface area contributed by atoms with Gasteiger partial charge in [-0.05, 0) is 37.5 Å². The van der Waals surface area contributed by atoms with Crippen molar-refractivity contribution in [3.63, 3.8) is 0 Å². The maximum absolute atomic E-state index is 12.6. The lowest BCUT2D eigenvalue weighted by molar-refractivity contribution is -0.137. The summed E-state index contributed by atoms with van der Waals surface area (Å²) in [6.07, 6.45) is -0.263. The van der Waals surface area contributed by atoms with Crippen LogP contribution in [0.2, 0.25) is 0 Å². The minimum absolute atomic E-state index is 0.187. The third kappa shape index (κ3) is 3.66. The Morgan fingerprint density at radius 1 is 1.15 bits per heavy atom. The molecule has 1 aliphatic carbocycles. The van der Waals surface area contributed by atoms with Crippen molar-refractivity contribution in [2.24, 2.45) is 5.92 Å². The first-order valence-electron chi connectivity index (χ1n) is 6.74. The van der Waals surface area contributed by atoms with Crippen molar-refractivity contribution < 1.29 is 17.9 Å². The van der Waals surface area contributed by atoms with E-state index >= 15 is 0 Å². The number of rotatable bonds is 2. The van der Waals surface area contributed by atoms with E-state index in [1.54, 1.807) is 0 Å². The zero-order chi connectivity index (χ0) is 14.6. The highest BCUT2D eigenvalue weighted by molar-refractivity contribution is 5.30. The zero-order valence-electron chi connectivity index (χ0n) is 11.0. The van der Waals surface area contributed by atoms with Gasteiger partial charge in [0.1, 0.15) is 11.9 Å². The molecule has 0 bridgehead atoms. The van der Waals surface area contributed by atoms with Gasteiger partial charge in [0.2, 0.25) is 0 Å². The number of ether oxygens (including phenoxy) is 1. The van der Waals surface area contributed by atoms with E-state index in [9.17, 15) is 13.2 Å². The minimum Gasteiger partial charge on any atom is -0.489 e. The first-order valence-corrected chi connectivity index (χ1v) is 6.74. The molecule has 0 radical (unpaired) electrons. The summed E-state index contributed by atoms with van der Waals surface area (Å²) < 4.78 is 43.6. The van der Waals surface area contributed by atoms with E-state index in [2.05, 4.69) is 6.07 Å². The van der Waals surface area contributed by atoms with E-state index in [0.717, 1.165) is 37.8 Å². The highest BCUT2D eigenvalue weighted by Crippen LogP contribution is 2.33. The normalized spacial score (nSPS) is 23.7. The van der Waals surface area contributed by atoms with Gasteiger partial charge in [-0.2, -0.15) is 18.4 Å². The van der Waals surface area contributed by atoms with E-state index in [0.29, 0.717) is 6.42 Å². The Balaban J connectivity index is 2.14. The van der Waals surface area contributed by atoms with Crippen molar-refractivity contribution in [1.82, 2.24) is 0 Å². The summed E-state index contributed by atoms with van der Waals surface area (Å²) in [7, 11) is 0. The quantitative estimate of drug-likeness (QED) is 0.745. The summed E-state index contributed by atoms with van der Waals surface area (Å²) in [6, 6.07) is 7.06. The summed E-state index contributed by atoms with van der Waals surface area (Å²) >= 11 is 0. The van der Waals surface area contributed by atoms with Crippen LogP contribution in [-0.4, -0.2) is 6.10 Å². The van der Waals surface area contributed by atoms with E-state index < -0.39 is 11.7 Å². The van der Waals surface area contributed by atoms with Crippen LogP contribution in [0.4, 0.5) is 13.2 Å². The molecule has 1 aromatic rings. The number of hydrogen-bond donors (Lipinski definition) is 0. The minimum atomic E-state index is -4.38. The van der Waals surface area contributed by atoms with Gasteiger partial charge in [-0.1, -0.05) is 18.9 Å². The van der Waals surface area contributed by atoms with Crippen molar-refractivity contribution in [3.8, 4) is 11.8 Å². The van der Waals surface area contributed by atoms with Crippen molar-refractivity contribution in [1.29, 1.82) is 5.26 Å². The molecule has 1 fully saturated rings. The Kier molecular flexibility index (Phi) is 4.53. The van der Waals surface area contributed by atoms with Gasteiger partial charge in [0, 0.05) is 0 Å². The topological polar surface area (TPSA) is 33.0 Å². The Morgan fingerprint density at radius 3 is 2.60 bits per heavy atom. The third-order valence-corrected chi connectivity index (χ3v) is 3.57. The van der Waals surface area contributed by atoms with E-state index in [-0.39, 0.29) is 17.8 Å². The molecule has 1 saturated carbocycles. The Morgan fingerprint density at radius 2 is 1.90 bits per heavy atom. The summed E-state index contributed by atoms with van der Waals surface area (Å²) in [5.74, 6) is -0.0565. The second-order valence-corrected chi connectivity index (χ2v) is 5.06. The zero-order valence-corrected chi connectivity index (χ0v) is 11.0. The van der Waals surface area contributed by atoms with Crippen molar-refractivity contribution in [3.05, 3.63) is 29.8 Å². The van der Waals surface area contributed by atoms with Crippen LogP contribution < -0.4 is 4.74 Å². The van der Waals surface area contributed by atoms with Gasteiger partial charge in [-0.25, -0.2) is 0 Å². The first kappa shape index (κ1) is 14.7. The number of benzene rings is 1. The molecule has 2 nitrogen and oxygen atoms in total. The molecule has 0 saturated heterocycles. The smallest absolute Gasteiger partial charge is 0.416 e. The number of halogens is 3. The molecular weight excluding hydrogens is 267 g/mol. The van der Waals surface area contributed by atoms with Crippen LogP contribution in [0.15, 0.2) is 24.3 Å². The Labute approximate surface area is 116 Å². The largest absolute Gasteiger partial charge is 0.489 e. The van der Waals surface area contributed by atoms with Gasteiger partial charge < -0.3 is 4.74 Å². The molecule has 0 heterocycles. The lowest BCUT2D eigenvalue weighted by Gasteiger charge is -2.21. The molecule has 1 aromatic carbocycles. The standard InChI is InChI=1S/C15H16F3NO/c16-15(17,18)12-6-4-7-13(9-12)20-14-8-3-1-2-5-11(14)10-19/h4,6-7,9,11,14H,1-3,5,8H2. The molecular formula is C15H16F3NO. The van der Waals surface area contributed by atoms with Crippen LogP contribution in [-0.2, 0) is 6.18 Å². The number of nitrogens with zero attached hydrogens (tertiary/aromatic N) is 1. The van der Waals surface area contributed by atoms with E-state index in [1.807, 2.05) is 0 Å². The number of nitriles is 1. The fourth-order valence-corrected chi connectivity index (χ4v) is 2.48. The molecule has 2 unspecified atom stereocenters. The molecule has 0 amide bonds. The molecule has 2 atom stereocenters. The number of hydrogen-bond acceptors (Lipinski definition) is 2.